The number of nitrogens with one attached hydrogen (secondary N) is 2. The molecule has 2 aromatic heterocycles. The van der Waals surface area contributed by atoms with E-state index >= 15 is 0 Å². The van der Waals surface area contributed by atoms with E-state index in [1.54, 1.807) is 6.07 Å². The Bertz CT molecular complexity index is 1350. The van der Waals surface area contributed by atoms with Crippen molar-refractivity contribution in [1.29, 1.82) is 0 Å². The van der Waals surface area contributed by atoms with E-state index < -0.39 is 0 Å². The van der Waals surface area contributed by atoms with Gasteiger partial charge in [0.2, 0.25) is 0 Å². The van der Waals surface area contributed by atoms with Gasteiger partial charge in [-0.2, -0.15) is 0 Å². The molecule has 2 heterocycles. The van der Waals surface area contributed by atoms with E-state index in [0.717, 1.165) is 27.7 Å². The molecule has 130 valence electrons. The summed E-state index contributed by atoms with van der Waals surface area (Å²) in [5.41, 5.74) is 4.35. The SMILES string of the molecule is O=c1[nH]c(-c2cccc3cc(-c4ccc(Cl)cc4)[nH]c23)nc2ccccc12. The van der Waals surface area contributed by atoms with Crippen molar-refractivity contribution in [3.63, 3.8) is 0 Å². The van der Waals surface area contributed by atoms with Crippen molar-refractivity contribution >= 4 is 33.4 Å². The van der Waals surface area contributed by atoms with Gasteiger partial charge in [-0.15, -0.1) is 0 Å². The van der Waals surface area contributed by atoms with Crippen LogP contribution < -0.4 is 5.56 Å². The van der Waals surface area contributed by atoms with Gasteiger partial charge < -0.3 is 9.97 Å². The Morgan fingerprint density at radius 2 is 1.67 bits per heavy atom. The van der Waals surface area contributed by atoms with Gasteiger partial charge >= 0.3 is 0 Å². The molecule has 0 bridgehead atoms. The van der Waals surface area contributed by atoms with Gasteiger partial charge in [0.25, 0.3) is 5.56 Å². The molecule has 27 heavy (non-hydrogen) atoms. The van der Waals surface area contributed by atoms with Crippen molar-refractivity contribution < 1.29 is 0 Å². The third-order valence-corrected chi connectivity index (χ3v) is 4.93. The largest absolute Gasteiger partial charge is 0.354 e. The molecular formula is C22H14ClN3O. The molecule has 5 rings (SSSR count). The van der Waals surface area contributed by atoms with E-state index in [2.05, 4.69) is 21.0 Å². The Balaban J connectivity index is 1.72. The first-order valence-corrected chi connectivity index (χ1v) is 8.94. The molecule has 5 aromatic rings. The Kier molecular flexibility index (Phi) is 3.59. The monoisotopic (exact) mass is 371 g/mol. The predicted octanol–water partition coefficient (Wildman–Crippen LogP) is 5.39. The minimum atomic E-state index is -0.142. The number of aromatic nitrogens is 3. The number of hydrogen-bond acceptors (Lipinski definition) is 2. The van der Waals surface area contributed by atoms with Crippen LogP contribution in [0.5, 0.6) is 0 Å². The van der Waals surface area contributed by atoms with Gasteiger partial charge in [0.05, 0.1) is 16.4 Å². The zero-order valence-electron chi connectivity index (χ0n) is 14.2. The van der Waals surface area contributed by atoms with Crippen molar-refractivity contribution in [2.75, 3.05) is 0 Å². The lowest BCUT2D eigenvalue weighted by molar-refractivity contribution is 1.18. The number of H-pyrrole nitrogens is 2. The van der Waals surface area contributed by atoms with Gasteiger partial charge in [-0.25, -0.2) is 4.98 Å². The summed E-state index contributed by atoms with van der Waals surface area (Å²) in [6.07, 6.45) is 0. The molecular weight excluding hydrogens is 358 g/mol. The average Bonchev–Trinajstić information content (AvgIpc) is 3.13. The molecule has 0 aliphatic carbocycles. The fraction of sp³-hybridized carbons (Fsp3) is 0. The molecule has 2 N–H and O–H groups in total. The summed E-state index contributed by atoms with van der Waals surface area (Å²) in [6.45, 7) is 0. The average molecular weight is 372 g/mol. The van der Waals surface area contributed by atoms with Gasteiger partial charge in [-0.05, 0) is 42.0 Å². The quantitative estimate of drug-likeness (QED) is 0.437. The van der Waals surface area contributed by atoms with E-state index in [0.29, 0.717) is 21.7 Å². The van der Waals surface area contributed by atoms with Crippen molar-refractivity contribution in [1.82, 2.24) is 15.0 Å². The van der Waals surface area contributed by atoms with Crippen LogP contribution >= 0.6 is 11.6 Å². The number of rotatable bonds is 2. The van der Waals surface area contributed by atoms with Crippen LogP contribution in [0, 0.1) is 0 Å². The molecule has 0 saturated heterocycles. The van der Waals surface area contributed by atoms with Crippen LogP contribution in [0.4, 0.5) is 0 Å². The molecule has 5 heteroatoms. The first kappa shape index (κ1) is 15.9. The van der Waals surface area contributed by atoms with Gasteiger partial charge in [-0.1, -0.05) is 48.0 Å². The minimum absolute atomic E-state index is 0.142. The van der Waals surface area contributed by atoms with Crippen molar-refractivity contribution in [2.45, 2.75) is 0 Å². The highest BCUT2D eigenvalue weighted by molar-refractivity contribution is 6.30. The highest BCUT2D eigenvalue weighted by atomic mass is 35.5. The van der Waals surface area contributed by atoms with Crippen LogP contribution in [-0.2, 0) is 0 Å². The summed E-state index contributed by atoms with van der Waals surface area (Å²) in [5.74, 6) is 0.550. The lowest BCUT2D eigenvalue weighted by Gasteiger charge is -2.05. The fourth-order valence-electron chi connectivity index (χ4n) is 3.35. The van der Waals surface area contributed by atoms with E-state index in [9.17, 15) is 4.79 Å². The molecule has 0 saturated carbocycles. The van der Waals surface area contributed by atoms with Crippen LogP contribution in [0.25, 0.3) is 44.5 Å². The molecule has 0 aliphatic heterocycles. The number of benzene rings is 3. The van der Waals surface area contributed by atoms with E-state index in [-0.39, 0.29) is 5.56 Å². The maximum absolute atomic E-state index is 12.4. The second-order valence-corrected chi connectivity index (χ2v) is 6.83. The Hall–Kier alpha value is -3.37. The number of aromatic amines is 2. The molecule has 0 amide bonds. The standard InChI is InChI=1S/C22H14ClN3O/c23-15-10-8-13(9-11-15)19-12-14-4-3-6-17(20(14)24-19)21-25-18-7-2-1-5-16(18)22(27)26-21/h1-12,24H,(H,25,26,27). The van der Waals surface area contributed by atoms with Crippen molar-refractivity contribution in [2.24, 2.45) is 0 Å². The number of para-hydroxylation sites is 2. The van der Waals surface area contributed by atoms with Crippen LogP contribution in [-0.4, -0.2) is 15.0 Å². The number of halogens is 1. The van der Waals surface area contributed by atoms with Crippen LogP contribution in [0.3, 0.4) is 0 Å². The molecule has 0 spiro atoms. The summed E-state index contributed by atoms with van der Waals surface area (Å²) in [7, 11) is 0. The second-order valence-electron chi connectivity index (χ2n) is 6.39. The van der Waals surface area contributed by atoms with Crippen molar-refractivity contribution in [3.05, 3.63) is 88.2 Å². The zero-order valence-corrected chi connectivity index (χ0v) is 14.9. The summed E-state index contributed by atoms with van der Waals surface area (Å²) in [6, 6.07) is 23.1. The normalized spacial score (nSPS) is 11.3. The maximum Gasteiger partial charge on any atom is 0.259 e. The number of hydrogen-bond donors (Lipinski definition) is 2. The minimum Gasteiger partial charge on any atom is -0.354 e. The molecule has 0 unspecified atom stereocenters. The van der Waals surface area contributed by atoms with E-state index in [1.165, 1.54) is 0 Å². The van der Waals surface area contributed by atoms with E-state index in [4.69, 9.17) is 11.6 Å². The highest BCUT2D eigenvalue weighted by Crippen LogP contribution is 2.30. The lowest BCUT2D eigenvalue weighted by atomic mass is 10.1. The summed E-state index contributed by atoms with van der Waals surface area (Å²) in [5, 5.41) is 2.34. The zero-order chi connectivity index (χ0) is 18.4. The summed E-state index contributed by atoms with van der Waals surface area (Å²) >= 11 is 5.99. The Morgan fingerprint density at radius 1 is 0.852 bits per heavy atom. The molecule has 0 atom stereocenters. The molecule has 0 fully saturated rings. The van der Waals surface area contributed by atoms with E-state index in [1.807, 2.05) is 60.7 Å². The van der Waals surface area contributed by atoms with Gasteiger partial charge in [0.15, 0.2) is 0 Å². The second kappa shape index (κ2) is 6.11. The van der Waals surface area contributed by atoms with Gasteiger partial charge in [-0.3, -0.25) is 4.79 Å². The van der Waals surface area contributed by atoms with Gasteiger partial charge in [0, 0.05) is 21.7 Å². The molecule has 0 aliphatic rings. The smallest absolute Gasteiger partial charge is 0.259 e. The number of fused-ring (bicyclic) bond motifs is 2. The fourth-order valence-corrected chi connectivity index (χ4v) is 3.48. The summed E-state index contributed by atoms with van der Waals surface area (Å²) < 4.78 is 0. The van der Waals surface area contributed by atoms with Gasteiger partial charge in [0.1, 0.15) is 5.82 Å². The van der Waals surface area contributed by atoms with Crippen molar-refractivity contribution in [3.8, 4) is 22.6 Å². The predicted molar refractivity (Wildman–Crippen MR) is 110 cm³/mol. The van der Waals surface area contributed by atoms with Crippen LogP contribution in [0.15, 0.2) is 77.6 Å². The first-order chi connectivity index (χ1) is 13.2. The highest BCUT2D eigenvalue weighted by Gasteiger charge is 2.12. The third kappa shape index (κ3) is 2.71. The van der Waals surface area contributed by atoms with Crippen LogP contribution in [0.1, 0.15) is 0 Å². The topological polar surface area (TPSA) is 61.5 Å². The first-order valence-electron chi connectivity index (χ1n) is 8.56. The summed E-state index contributed by atoms with van der Waals surface area (Å²) in [4.78, 5) is 23.5. The molecule has 4 nitrogen and oxygen atoms in total. The number of nitrogens with zero attached hydrogens (tertiary/aromatic N) is 1. The third-order valence-electron chi connectivity index (χ3n) is 4.68. The van der Waals surface area contributed by atoms with Crippen LogP contribution in [0.2, 0.25) is 5.02 Å². The lowest BCUT2D eigenvalue weighted by Crippen LogP contribution is -2.09. The molecule has 3 aromatic carbocycles. The maximum atomic E-state index is 12.4. The Morgan fingerprint density at radius 3 is 2.52 bits per heavy atom. The Labute approximate surface area is 159 Å². The molecule has 0 radical (unpaired) electrons.